The Bertz CT molecular complexity index is 348. The summed E-state index contributed by atoms with van der Waals surface area (Å²) in [5, 5.41) is 7.61. The first kappa shape index (κ1) is 10.5. The van der Waals surface area contributed by atoms with E-state index < -0.39 is 0 Å². The molecule has 1 aromatic rings. The van der Waals surface area contributed by atoms with Gasteiger partial charge in [-0.1, -0.05) is 6.92 Å². The highest BCUT2D eigenvalue weighted by atomic mass is 16.5. The molecule has 1 saturated carbocycles. The second-order valence-electron chi connectivity index (χ2n) is 4.36. The Morgan fingerprint density at radius 3 is 2.80 bits per heavy atom. The van der Waals surface area contributed by atoms with Crippen molar-refractivity contribution in [2.75, 3.05) is 14.2 Å². The fourth-order valence-electron chi connectivity index (χ4n) is 2.31. The zero-order valence-corrected chi connectivity index (χ0v) is 9.82. The molecule has 4 nitrogen and oxygen atoms in total. The highest BCUT2D eigenvalue weighted by Gasteiger charge is 2.41. The van der Waals surface area contributed by atoms with Crippen molar-refractivity contribution in [3.63, 3.8) is 0 Å². The Morgan fingerprint density at radius 2 is 2.33 bits per heavy atom. The van der Waals surface area contributed by atoms with Gasteiger partial charge in [0.25, 0.3) is 0 Å². The summed E-state index contributed by atoms with van der Waals surface area (Å²) < 4.78 is 7.25. The summed E-state index contributed by atoms with van der Waals surface area (Å²) in [6, 6.07) is 0.363. The lowest BCUT2D eigenvalue weighted by Gasteiger charge is -2.17. The van der Waals surface area contributed by atoms with Crippen molar-refractivity contribution in [2.45, 2.75) is 19.4 Å². The van der Waals surface area contributed by atoms with E-state index in [0.717, 1.165) is 23.3 Å². The number of nitrogens with zero attached hydrogens (tertiary/aromatic N) is 2. The molecule has 0 aromatic carbocycles. The maximum absolute atomic E-state index is 5.34. The van der Waals surface area contributed by atoms with Gasteiger partial charge < -0.3 is 10.1 Å². The zero-order chi connectivity index (χ0) is 11.0. The minimum Gasteiger partial charge on any atom is -0.493 e. The molecule has 0 radical (unpaired) electrons. The van der Waals surface area contributed by atoms with E-state index in [1.165, 1.54) is 6.42 Å². The van der Waals surface area contributed by atoms with Crippen LogP contribution in [0.3, 0.4) is 0 Å². The molecule has 0 spiro atoms. The standard InChI is InChI=1S/C11H19N3O/c1-7-5-8(7)10(12-2)11-9(15-4)6-13-14(11)3/h6-8,10,12H,5H2,1-4H3. The van der Waals surface area contributed by atoms with E-state index in [9.17, 15) is 0 Å². The van der Waals surface area contributed by atoms with Crippen LogP contribution in [0.5, 0.6) is 5.75 Å². The van der Waals surface area contributed by atoms with E-state index >= 15 is 0 Å². The van der Waals surface area contributed by atoms with Gasteiger partial charge in [-0.25, -0.2) is 0 Å². The molecule has 1 heterocycles. The first-order valence-electron chi connectivity index (χ1n) is 5.42. The van der Waals surface area contributed by atoms with Gasteiger partial charge in [0.1, 0.15) is 0 Å². The average Bonchev–Trinajstić information content (AvgIpc) is 2.82. The Morgan fingerprint density at radius 1 is 1.67 bits per heavy atom. The first-order valence-corrected chi connectivity index (χ1v) is 5.42. The summed E-state index contributed by atoms with van der Waals surface area (Å²) in [7, 11) is 5.67. The van der Waals surface area contributed by atoms with Crippen LogP contribution < -0.4 is 10.1 Å². The maximum Gasteiger partial charge on any atom is 0.161 e. The van der Waals surface area contributed by atoms with Crippen LogP contribution in [0.4, 0.5) is 0 Å². The molecule has 1 N–H and O–H groups in total. The molecule has 15 heavy (non-hydrogen) atoms. The molecule has 4 heteroatoms. The number of ether oxygens (including phenoxy) is 1. The van der Waals surface area contributed by atoms with Gasteiger partial charge in [0.15, 0.2) is 5.75 Å². The number of methoxy groups -OCH3 is 1. The van der Waals surface area contributed by atoms with E-state index in [1.54, 1.807) is 13.3 Å². The Kier molecular flexibility index (Phi) is 2.69. The lowest BCUT2D eigenvalue weighted by molar-refractivity contribution is 0.386. The number of hydrogen-bond donors (Lipinski definition) is 1. The fraction of sp³-hybridized carbons (Fsp3) is 0.727. The van der Waals surface area contributed by atoms with Crippen molar-refractivity contribution in [1.82, 2.24) is 15.1 Å². The van der Waals surface area contributed by atoms with Gasteiger partial charge in [-0.05, 0) is 25.3 Å². The summed E-state index contributed by atoms with van der Waals surface area (Å²) in [6.45, 7) is 2.29. The summed E-state index contributed by atoms with van der Waals surface area (Å²) in [6.07, 6.45) is 3.08. The molecule has 2 rings (SSSR count). The van der Waals surface area contributed by atoms with Crippen LogP contribution in [0.2, 0.25) is 0 Å². The molecule has 3 unspecified atom stereocenters. The monoisotopic (exact) mass is 209 g/mol. The average molecular weight is 209 g/mol. The van der Waals surface area contributed by atoms with E-state index in [0.29, 0.717) is 6.04 Å². The topological polar surface area (TPSA) is 39.1 Å². The van der Waals surface area contributed by atoms with Crippen LogP contribution in [0.25, 0.3) is 0 Å². The molecule has 1 aliphatic carbocycles. The quantitative estimate of drug-likeness (QED) is 0.813. The lowest BCUT2D eigenvalue weighted by atomic mass is 10.1. The maximum atomic E-state index is 5.34. The van der Waals surface area contributed by atoms with Crippen molar-refractivity contribution < 1.29 is 4.74 Å². The Balaban J connectivity index is 2.28. The molecule has 0 aliphatic heterocycles. The smallest absolute Gasteiger partial charge is 0.161 e. The third-order valence-corrected chi connectivity index (χ3v) is 3.37. The molecule has 84 valence electrons. The van der Waals surface area contributed by atoms with Crippen LogP contribution in [-0.4, -0.2) is 23.9 Å². The van der Waals surface area contributed by atoms with Gasteiger partial charge >= 0.3 is 0 Å². The normalized spacial score (nSPS) is 26.4. The van der Waals surface area contributed by atoms with Gasteiger partial charge in [-0.2, -0.15) is 5.10 Å². The van der Waals surface area contributed by atoms with E-state index in [-0.39, 0.29) is 0 Å². The lowest BCUT2D eigenvalue weighted by Crippen LogP contribution is -2.22. The van der Waals surface area contributed by atoms with Crippen molar-refractivity contribution in [3.8, 4) is 5.75 Å². The molecule has 3 atom stereocenters. The van der Waals surface area contributed by atoms with Crippen molar-refractivity contribution >= 4 is 0 Å². The fourth-order valence-corrected chi connectivity index (χ4v) is 2.31. The summed E-state index contributed by atoms with van der Waals surface area (Å²) in [4.78, 5) is 0. The van der Waals surface area contributed by atoms with Gasteiger partial charge in [0.2, 0.25) is 0 Å². The third kappa shape index (κ3) is 1.74. The highest BCUT2D eigenvalue weighted by Crippen LogP contribution is 2.48. The zero-order valence-electron chi connectivity index (χ0n) is 9.82. The largest absolute Gasteiger partial charge is 0.493 e. The molecule has 0 bridgehead atoms. The third-order valence-electron chi connectivity index (χ3n) is 3.37. The van der Waals surface area contributed by atoms with Gasteiger partial charge in [0, 0.05) is 7.05 Å². The second-order valence-corrected chi connectivity index (χ2v) is 4.36. The predicted molar refractivity (Wildman–Crippen MR) is 58.8 cm³/mol. The number of hydrogen-bond acceptors (Lipinski definition) is 3. The summed E-state index contributed by atoms with van der Waals surface area (Å²) >= 11 is 0. The molecule has 0 saturated heterocycles. The number of nitrogens with one attached hydrogen (secondary N) is 1. The number of aromatic nitrogens is 2. The molecular weight excluding hydrogens is 190 g/mol. The van der Waals surface area contributed by atoms with Gasteiger partial charge in [-0.15, -0.1) is 0 Å². The van der Waals surface area contributed by atoms with Crippen LogP contribution in [0.15, 0.2) is 6.20 Å². The molecule has 0 amide bonds. The Labute approximate surface area is 90.6 Å². The number of rotatable bonds is 4. The van der Waals surface area contributed by atoms with E-state index in [2.05, 4.69) is 17.3 Å². The molecule has 1 fully saturated rings. The first-order chi connectivity index (χ1) is 7.19. The molecule has 1 aromatic heterocycles. The Hall–Kier alpha value is -1.03. The second kappa shape index (κ2) is 3.85. The summed E-state index contributed by atoms with van der Waals surface area (Å²) in [5.74, 6) is 2.41. The van der Waals surface area contributed by atoms with Crippen LogP contribution in [-0.2, 0) is 7.05 Å². The van der Waals surface area contributed by atoms with Gasteiger partial charge in [-0.3, -0.25) is 4.68 Å². The molecule has 1 aliphatic rings. The van der Waals surface area contributed by atoms with Gasteiger partial charge in [0.05, 0.1) is 25.0 Å². The number of aryl methyl sites for hydroxylation is 1. The van der Waals surface area contributed by atoms with Crippen molar-refractivity contribution in [3.05, 3.63) is 11.9 Å². The van der Waals surface area contributed by atoms with Crippen LogP contribution >= 0.6 is 0 Å². The SMILES string of the molecule is CNC(c1c(OC)cnn1C)C1CC1C. The van der Waals surface area contributed by atoms with Crippen LogP contribution in [0.1, 0.15) is 25.1 Å². The highest BCUT2D eigenvalue weighted by molar-refractivity contribution is 5.29. The minimum absolute atomic E-state index is 0.363. The van der Waals surface area contributed by atoms with Crippen LogP contribution in [0, 0.1) is 11.8 Å². The van der Waals surface area contributed by atoms with E-state index in [4.69, 9.17) is 4.74 Å². The van der Waals surface area contributed by atoms with Crippen molar-refractivity contribution in [1.29, 1.82) is 0 Å². The van der Waals surface area contributed by atoms with E-state index in [1.807, 2.05) is 18.8 Å². The predicted octanol–water partition coefficient (Wildman–Crippen LogP) is 1.35. The summed E-state index contributed by atoms with van der Waals surface area (Å²) in [5.41, 5.74) is 1.16. The van der Waals surface area contributed by atoms with Crippen molar-refractivity contribution in [2.24, 2.45) is 18.9 Å². The molecular formula is C11H19N3O. The minimum atomic E-state index is 0.363.